The summed E-state index contributed by atoms with van der Waals surface area (Å²) in [5.74, 6) is 0.944. The van der Waals surface area contributed by atoms with Gasteiger partial charge in [-0.05, 0) is 48.1 Å². The van der Waals surface area contributed by atoms with Crippen LogP contribution in [0, 0.1) is 17.4 Å². The van der Waals surface area contributed by atoms with Crippen molar-refractivity contribution in [3.8, 4) is 5.75 Å². The van der Waals surface area contributed by atoms with E-state index in [9.17, 15) is 0 Å². The standard InChI is InChI=1S/C11H12INO/c1-6-4-5-8(14-3)9-10(12)7(2)13-11(6)9/h4-5,13H,1-3H3. The Morgan fingerprint density at radius 3 is 2.64 bits per heavy atom. The van der Waals surface area contributed by atoms with Crippen LogP contribution in [-0.2, 0) is 0 Å². The van der Waals surface area contributed by atoms with Gasteiger partial charge in [0.15, 0.2) is 0 Å². The van der Waals surface area contributed by atoms with Crippen LogP contribution in [0.25, 0.3) is 10.9 Å². The van der Waals surface area contributed by atoms with Crippen LogP contribution in [0.15, 0.2) is 12.1 Å². The molecule has 3 heteroatoms. The highest BCUT2D eigenvalue weighted by atomic mass is 127. The molecular weight excluding hydrogens is 289 g/mol. The second-order valence-electron chi connectivity index (χ2n) is 3.40. The van der Waals surface area contributed by atoms with E-state index >= 15 is 0 Å². The lowest BCUT2D eigenvalue weighted by molar-refractivity contribution is 0.419. The number of halogens is 1. The molecule has 0 aliphatic rings. The summed E-state index contributed by atoms with van der Waals surface area (Å²) in [5, 5.41) is 1.20. The zero-order chi connectivity index (χ0) is 10.3. The second-order valence-corrected chi connectivity index (χ2v) is 4.48. The Kier molecular flexibility index (Phi) is 2.43. The fourth-order valence-corrected chi connectivity index (χ4v) is 2.34. The van der Waals surface area contributed by atoms with E-state index in [-0.39, 0.29) is 0 Å². The molecule has 1 heterocycles. The number of fused-ring (bicyclic) bond motifs is 1. The third-order valence-corrected chi connectivity index (χ3v) is 3.81. The number of ether oxygens (including phenoxy) is 1. The summed E-state index contributed by atoms with van der Waals surface area (Å²) in [6.45, 7) is 4.19. The van der Waals surface area contributed by atoms with Crippen molar-refractivity contribution in [1.82, 2.24) is 4.98 Å². The molecule has 1 aromatic carbocycles. The first-order valence-electron chi connectivity index (χ1n) is 4.46. The SMILES string of the molecule is COc1ccc(C)c2[nH]c(C)c(I)c12. The van der Waals surface area contributed by atoms with Gasteiger partial charge in [-0.2, -0.15) is 0 Å². The number of benzene rings is 1. The zero-order valence-electron chi connectivity index (χ0n) is 8.44. The van der Waals surface area contributed by atoms with E-state index in [4.69, 9.17) is 4.74 Å². The van der Waals surface area contributed by atoms with Gasteiger partial charge in [-0.1, -0.05) is 6.07 Å². The maximum atomic E-state index is 5.35. The molecule has 0 fully saturated rings. The lowest BCUT2D eigenvalue weighted by Crippen LogP contribution is -1.85. The van der Waals surface area contributed by atoms with Crippen molar-refractivity contribution in [3.63, 3.8) is 0 Å². The van der Waals surface area contributed by atoms with Crippen LogP contribution in [0.4, 0.5) is 0 Å². The molecule has 0 amide bonds. The van der Waals surface area contributed by atoms with E-state index in [1.54, 1.807) is 7.11 Å². The summed E-state index contributed by atoms with van der Waals surface area (Å²) in [6, 6.07) is 4.10. The number of H-pyrrole nitrogens is 1. The molecule has 2 aromatic rings. The van der Waals surface area contributed by atoms with Crippen LogP contribution in [0.1, 0.15) is 11.3 Å². The summed E-state index contributed by atoms with van der Waals surface area (Å²) in [6.07, 6.45) is 0. The van der Waals surface area contributed by atoms with Gasteiger partial charge in [-0.25, -0.2) is 0 Å². The van der Waals surface area contributed by atoms with Crippen LogP contribution in [0.3, 0.4) is 0 Å². The molecule has 14 heavy (non-hydrogen) atoms. The number of aromatic amines is 1. The van der Waals surface area contributed by atoms with E-state index < -0.39 is 0 Å². The average Bonchev–Trinajstić information content (AvgIpc) is 2.47. The number of aromatic nitrogens is 1. The van der Waals surface area contributed by atoms with E-state index in [0.29, 0.717) is 0 Å². The van der Waals surface area contributed by atoms with Crippen molar-refractivity contribution in [3.05, 3.63) is 27.0 Å². The molecule has 0 atom stereocenters. The number of aryl methyl sites for hydroxylation is 2. The average molecular weight is 301 g/mol. The molecule has 74 valence electrons. The summed E-state index contributed by atoms with van der Waals surface area (Å²) >= 11 is 2.35. The van der Waals surface area contributed by atoms with Crippen LogP contribution in [0.2, 0.25) is 0 Å². The molecule has 0 bridgehead atoms. The molecule has 2 rings (SSSR count). The highest BCUT2D eigenvalue weighted by Crippen LogP contribution is 2.33. The minimum atomic E-state index is 0.944. The molecule has 1 aromatic heterocycles. The predicted octanol–water partition coefficient (Wildman–Crippen LogP) is 3.40. The Labute approximate surface area is 96.8 Å². The molecule has 2 nitrogen and oxygen atoms in total. The topological polar surface area (TPSA) is 25.0 Å². The number of rotatable bonds is 1. The van der Waals surface area contributed by atoms with Crippen LogP contribution < -0.4 is 4.74 Å². The van der Waals surface area contributed by atoms with Gasteiger partial charge in [0.2, 0.25) is 0 Å². The summed E-state index contributed by atoms with van der Waals surface area (Å²) in [7, 11) is 1.71. The lowest BCUT2D eigenvalue weighted by atomic mass is 10.1. The molecular formula is C11H12INO. The van der Waals surface area contributed by atoms with Crippen LogP contribution in [0.5, 0.6) is 5.75 Å². The van der Waals surface area contributed by atoms with Crippen LogP contribution >= 0.6 is 22.6 Å². The van der Waals surface area contributed by atoms with Gasteiger partial charge in [0.05, 0.1) is 18.0 Å². The first kappa shape index (κ1) is 9.83. The Bertz CT molecular complexity index is 487. The van der Waals surface area contributed by atoms with Gasteiger partial charge in [0, 0.05) is 9.26 Å². The molecule has 1 N–H and O–H groups in total. The third-order valence-electron chi connectivity index (χ3n) is 2.46. The van der Waals surface area contributed by atoms with Gasteiger partial charge in [-0.3, -0.25) is 0 Å². The highest BCUT2D eigenvalue weighted by molar-refractivity contribution is 14.1. The fourth-order valence-electron chi connectivity index (χ4n) is 1.67. The number of hydrogen-bond donors (Lipinski definition) is 1. The van der Waals surface area contributed by atoms with Crippen molar-refractivity contribution < 1.29 is 4.74 Å². The normalized spacial score (nSPS) is 10.9. The molecule has 0 aliphatic carbocycles. The van der Waals surface area contributed by atoms with E-state index in [0.717, 1.165) is 5.75 Å². The second kappa shape index (κ2) is 3.46. The summed E-state index contributed by atoms with van der Waals surface area (Å²) in [4.78, 5) is 3.38. The largest absolute Gasteiger partial charge is 0.496 e. The molecule has 0 radical (unpaired) electrons. The minimum absolute atomic E-state index is 0.944. The minimum Gasteiger partial charge on any atom is -0.496 e. The Balaban J connectivity index is 2.92. The van der Waals surface area contributed by atoms with E-state index in [1.807, 2.05) is 6.07 Å². The smallest absolute Gasteiger partial charge is 0.129 e. The first-order valence-corrected chi connectivity index (χ1v) is 5.54. The maximum absolute atomic E-state index is 5.35. The predicted molar refractivity (Wildman–Crippen MR) is 67.0 cm³/mol. The molecule has 0 saturated carbocycles. The zero-order valence-corrected chi connectivity index (χ0v) is 10.6. The third kappa shape index (κ3) is 1.30. The van der Waals surface area contributed by atoms with Crippen molar-refractivity contribution in [1.29, 1.82) is 0 Å². The summed E-state index contributed by atoms with van der Waals surface area (Å²) in [5.41, 5.74) is 3.64. The summed E-state index contributed by atoms with van der Waals surface area (Å²) < 4.78 is 6.60. The molecule has 0 aliphatic heterocycles. The highest BCUT2D eigenvalue weighted by Gasteiger charge is 2.11. The van der Waals surface area contributed by atoms with Gasteiger partial charge in [0.25, 0.3) is 0 Å². The molecule has 0 unspecified atom stereocenters. The monoisotopic (exact) mass is 301 g/mol. The van der Waals surface area contributed by atoms with Gasteiger partial charge < -0.3 is 9.72 Å². The quantitative estimate of drug-likeness (QED) is 0.802. The Morgan fingerprint density at radius 1 is 1.29 bits per heavy atom. The molecule has 0 spiro atoms. The number of nitrogens with one attached hydrogen (secondary N) is 1. The van der Waals surface area contributed by atoms with Crippen molar-refractivity contribution >= 4 is 33.5 Å². The van der Waals surface area contributed by atoms with Gasteiger partial charge in [-0.15, -0.1) is 0 Å². The Morgan fingerprint density at radius 2 is 2.00 bits per heavy atom. The first-order chi connectivity index (χ1) is 6.65. The van der Waals surface area contributed by atoms with E-state index in [1.165, 1.54) is 25.7 Å². The maximum Gasteiger partial charge on any atom is 0.129 e. The molecule has 0 saturated heterocycles. The Hall–Kier alpha value is -0.710. The van der Waals surface area contributed by atoms with Crippen LogP contribution in [-0.4, -0.2) is 12.1 Å². The van der Waals surface area contributed by atoms with Gasteiger partial charge in [0.1, 0.15) is 5.75 Å². The van der Waals surface area contributed by atoms with Crippen molar-refractivity contribution in [2.75, 3.05) is 7.11 Å². The fraction of sp³-hybridized carbons (Fsp3) is 0.273. The lowest BCUT2D eigenvalue weighted by Gasteiger charge is -2.03. The number of methoxy groups -OCH3 is 1. The van der Waals surface area contributed by atoms with Crippen molar-refractivity contribution in [2.24, 2.45) is 0 Å². The van der Waals surface area contributed by atoms with Gasteiger partial charge >= 0.3 is 0 Å². The number of hydrogen-bond acceptors (Lipinski definition) is 1. The van der Waals surface area contributed by atoms with E-state index in [2.05, 4.69) is 47.5 Å². The van der Waals surface area contributed by atoms with Crippen molar-refractivity contribution in [2.45, 2.75) is 13.8 Å².